The van der Waals surface area contributed by atoms with Crippen molar-refractivity contribution < 1.29 is 22.7 Å². The summed E-state index contributed by atoms with van der Waals surface area (Å²) in [6, 6.07) is 9.51. The zero-order valence-electron chi connectivity index (χ0n) is 15.7. The maximum absolute atomic E-state index is 13.0. The summed E-state index contributed by atoms with van der Waals surface area (Å²) >= 11 is 0. The second-order valence-corrected chi connectivity index (χ2v) is 8.76. The van der Waals surface area contributed by atoms with Gasteiger partial charge in [0, 0.05) is 32.4 Å². The molecule has 1 aromatic heterocycles. The molecule has 2 aliphatic rings. The third-order valence-corrected chi connectivity index (χ3v) is 6.82. The van der Waals surface area contributed by atoms with Crippen LogP contribution in [0.2, 0.25) is 0 Å². The van der Waals surface area contributed by atoms with E-state index in [-0.39, 0.29) is 42.9 Å². The molecule has 1 atom stereocenters. The molecule has 2 aromatic rings. The zero-order chi connectivity index (χ0) is 20.6. The average Bonchev–Trinajstić information content (AvgIpc) is 2.74. The highest BCUT2D eigenvalue weighted by atomic mass is 32.2. The first kappa shape index (κ1) is 19.3. The summed E-state index contributed by atoms with van der Waals surface area (Å²) in [5, 5.41) is 2.66. The van der Waals surface area contributed by atoms with Crippen LogP contribution in [0.5, 0.6) is 5.75 Å². The molecular weight excluding hydrogens is 396 g/mol. The highest BCUT2D eigenvalue weighted by molar-refractivity contribution is 7.89. The molecule has 4 rings (SSSR count). The lowest BCUT2D eigenvalue weighted by atomic mass is 10.2. The van der Waals surface area contributed by atoms with Gasteiger partial charge in [-0.15, -0.1) is 0 Å². The Morgan fingerprint density at radius 2 is 1.93 bits per heavy atom. The summed E-state index contributed by atoms with van der Waals surface area (Å²) in [7, 11) is -3.77. The molecule has 0 spiro atoms. The third-order valence-electron chi connectivity index (χ3n) is 4.93. The number of aromatic nitrogens is 1. The van der Waals surface area contributed by atoms with E-state index in [2.05, 4.69) is 10.3 Å². The van der Waals surface area contributed by atoms with Crippen LogP contribution in [-0.4, -0.2) is 66.7 Å². The predicted octanol–water partition coefficient (Wildman–Crippen LogP) is 0.948. The van der Waals surface area contributed by atoms with Gasteiger partial charge in [0.15, 0.2) is 6.10 Å². The topological polar surface area (TPSA) is 109 Å². The monoisotopic (exact) mass is 416 g/mol. The van der Waals surface area contributed by atoms with Crippen molar-refractivity contribution in [1.29, 1.82) is 0 Å². The van der Waals surface area contributed by atoms with Crippen molar-refractivity contribution in [3.8, 4) is 5.75 Å². The number of sulfonamides is 1. The number of hydrogen-bond acceptors (Lipinski definition) is 6. The van der Waals surface area contributed by atoms with Crippen LogP contribution < -0.4 is 10.1 Å². The standard InChI is InChI=1S/C19H20N4O5S/c1-13-18(24)21-16-12-14(5-6-17(16)28-13)29(26,27)23-10-8-22(9-11-23)19(25)15-4-2-3-7-20-15/h2-7,12-13H,8-11H2,1H3,(H,21,24). The van der Waals surface area contributed by atoms with E-state index < -0.39 is 16.1 Å². The molecule has 2 amide bonds. The van der Waals surface area contributed by atoms with E-state index in [0.29, 0.717) is 17.1 Å². The van der Waals surface area contributed by atoms with Gasteiger partial charge < -0.3 is 15.0 Å². The minimum atomic E-state index is -3.77. The molecule has 29 heavy (non-hydrogen) atoms. The molecule has 10 heteroatoms. The fourth-order valence-electron chi connectivity index (χ4n) is 3.28. The van der Waals surface area contributed by atoms with Crippen LogP contribution in [0.1, 0.15) is 17.4 Å². The summed E-state index contributed by atoms with van der Waals surface area (Å²) in [5.74, 6) is -0.110. The lowest BCUT2D eigenvalue weighted by Crippen LogP contribution is -2.50. The number of amides is 2. The van der Waals surface area contributed by atoms with E-state index >= 15 is 0 Å². The zero-order valence-corrected chi connectivity index (χ0v) is 16.6. The van der Waals surface area contributed by atoms with Crippen molar-refractivity contribution in [1.82, 2.24) is 14.2 Å². The molecule has 1 fully saturated rings. The first-order valence-corrected chi connectivity index (χ1v) is 10.6. The molecule has 1 N–H and O–H groups in total. The Kier molecular flexibility index (Phi) is 4.97. The van der Waals surface area contributed by atoms with Crippen LogP contribution in [0.15, 0.2) is 47.5 Å². The molecule has 0 aliphatic carbocycles. The van der Waals surface area contributed by atoms with E-state index in [1.165, 1.54) is 16.4 Å². The smallest absolute Gasteiger partial charge is 0.272 e. The Morgan fingerprint density at radius 3 is 2.62 bits per heavy atom. The minimum Gasteiger partial charge on any atom is -0.479 e. The Bertz CT molecular complexity index is 1050. The molecule has 1 unspecified atom stereocenters. The summed E-state index contributed by atoms with van der Waals surface area (Å²) in [4.78, 5) is 30.0. The van der Waals surface area contributed by atoms with Gasteiger partial charge in [0.1, 0.15) is 11.4 Å². The largest absolute Gasteiger partial charge is 0.479 e. The van der Waals surface area contributed by atoms with Gasteiger partial charge in [-0.25, -0.2) is 8.42 Å². The van der Waals surface area contributed by atoms with Gasteiger partial charge in [-0.1, -0.05) is 6.07 Å². The van der Waals surface area contributed by atoms with Crippen LogP contribution in [0.3, 0.4) is 0 Å². The molecule has 2 aliphatic heterocycles. The normalized spacial score (nSPS) is 19.8. The van der Waals surface area contributed by atoms with Crippen LogP contribution in [0.25, 0.3) is 0 Å². The lowest BCUT2D eigenvalue weighted by molar-refractivity contribution is -0.122. The Balaban J connectivity index is 1.48. The fraction of sp³-hybridized carbons (Fsp3) is 0.316. The highest BCUT2D eigenvalue weighted by Crippen LogP contribution is 2.32. The van der Waals surface area contributed by atoms with Gasteiger partial charge in [0.25, 0.3) is 11.8 Å². The molecule has 0 radical (unpaired) electrons. The van der Waals surface area contributed by atoms with Gasteiger partial charge >= 0.3 is 0 Å². The van der Waals surface area contributed by atoms with Gasteiger partial charge in [-0.3, -0.25) is 14.6 Å². The van der Waals surface area contributed by atoms with Crippen LogP contribution in [0, 0.1) is 0 Å². The van der Waals surface area contributed by atoms with Crippen molar-refractivity contribution >= 4 is 27.5 Å². The van der Waals surface area contributed by atoms with Crippen LogP contribution >= 0.6 is 0 Å². The van der Waals surface area contributed by atoms with Crippen molar-refractivity contribution in [2.45, 2.75) is 17.9 Å². The number of hydrogen-bond donors (Lipinski definition) is 1. The van der Waals surface area contributed by atoms with Gasteiger partial charge in [-0.05, 0) is 37.3 Å². The molecule has 0 saturated carbocycles. The quantitative estimate of drug-likeness (QED) is 0.798. The number of nitrogens with zero attached hydrogens (tertiary/aromatic N) is 3. The van der Waals surface area contributed by atoms with Gasteiger partial charge in [-0.2, -0.15) is 4.31 Å². The van der Waals surface area contributed by atoms with E-state index in [9.17, 15) is 18.0 Å². The first-order valence-electron chi connectivity index (χ1n) is 9.18. The summed E-state index contributed by atoms with van der Waals surface area (Å²) in [6.45, 7) is 2.53. The lowest BCUT2D eigenvalue weighted by Gasteiger charge is -2.34. The first-order chi connectivity index (χ1) is 13.9. The number of benzene rings is 1. The molecule has 0 bridgehead atoms. The maximum atomic E-state index is 13.0. The molecule has 1 aromatic carbocycles. The second-order valence-electron chi connectivity index (χ2n) is 6.82. The number of carbonyl (C=O) groups excluding carboxylic acids is 2. The maximum Gasteiger partial charge on any atom is 0.272 e. The van der Waals surface area contributed by atoms with E-state index in [1.54, 1.807) is 42.3 Å². The van der Waals surface area contributed by atoms with E-state index in [4.69, 9.17) is 4.74 Å². The number of pyridine rings is 1. The van der Waals surface area contributed by atoms with Crippen LogP contribution in [-0.2, 0) is 14.8 Å². The number of nitrogens with one attached hydrogen (secondary N) is 1. The molecular formula is C19H20N4O5S. The summed E-state index contributed by atoms with van der Waals surface area (Å²) in [5.41, 5.74) is 0.668. The Morgan fingerprint density at radius 1 is 1.17 bits per heavy atom. The third kappa shape index (κ3) is 3.68. The second kappa shape index (κ2) is 7.45. The van der Waals surface area contributed by atoms with Crippen molar-refractivity contribution in [3.05, 3.63) is 48.3 Å². The summed E-state index contributed by atoms with van der Waals surface area (Å²) < 4.78 is 32.9. The minimum absolute atomic E-state index is 0.0687. The number of anilines is 1. The Labute approximate surface area is 168 Å². The van der Waals surface area contributed by atoms with E-state index in [0.717, 1.165) is 0 Å². The predicted molar refractivity (Wildman–Crippen MR) is 104 cm³/mol. The Hall–Kier alpha value is -2.98. The number of carbonyl (C=O) groups is 2. The fourth-order valence-corrected chi connectivity index (χ4v) is 4.73. The van der Waals surface area contributed by atoms with E-state index in [1.807, 2.05) is 0 Å². The van der Waals surface area contributed by atoms with Gasteiger partial charge in [0.2, 0.25) is 10.0 Å². The van der Waals surface area contributed by atoms with Crippen molar-refractivity contribution in [3.63, 3.8) is 0 Å². The van der Waals surface area contributed by atoms with Gasteiger partial charge in [0.05, 0.1) is 10.6 Å². The number of piperazine rings is 1. The number of ether oxygens (including phenoxy) is 1. The summed E-state index contributed by atoms with van der Waals surface area (Å²) in [6.07, 6.45) is 0.919. The van der Waals surface area contributed by atoms with Crippen molar-refractivity contribution in [2.75, 3.05) is 31.5 Å². The van der Waals surface area contributed by atoms with Crippen molar-refractivity contribution in [2.24, 2.45) is 0 Å². The SMILES string of the molecule is CC1Oc2ccc(S(=O)(=O)N3CCN(C(=O)c4ccccn4)CC3)cc2NC1=O. The molecule has 9 nitrogen and oxygen atoms in total. The van der Waals surface area contributed by atoms with Crippen LogP contribution in [0.4, 0.5) is 5.69 Å². The molecule has 3 heterocycles. The highest BCUT2D eigenvalue weighted by Gasteiger charge is 2.32. The molecule has 1 saturated heterocycles. The average molecular weight is 416 g/mol. The number of fused-ring (bicyclic) bond motifs is 1. The number of rotatable bonds is 3. The molecule has 152 valence electrons.